The summed E-state index contributed by atoms with van der Waals surface area (Å²) < 4.78 is 0. The molecule has 82 valence electrons. The molecule has 0 bridgehead atoms. The van der Waals surface area contributed by atoms with Crippen LogP contribution in [0.15, 0.2) is 24.3 Å². The van der Waals surface area contributed by atoms with E-state index in [1.807, 2.05) is 12.1 Å². The molecule has 1 aromatic heterocycles. The van der Waals surface area contributed by atoms with Gasteiger partial charge in [0, 0.05) is 15.5 Å². The number of aromatic nitrogens is 1. The molecule has 1 aromatic carbocycles. The number of nitrogens with zero attached hydrogens (tertiary/aromatic N) is 1. The molecule has 0 spiro atoms. The van der Waals surface area contributed by atoms with Crippen LogP contribution in [0.4, 0.5) is 0 Å². The van der Waals surface area contributed by atoms with Crippen molar-refractivity contribution in [2.45, 2.75) is 6.92 Å². The Morgan fingerprint density at radius 2 is 2.00 bits per heavy atom. The minimum absolute atomic E-state index is 0.120. The molecular weight excluding hydrogens is 246 g/mol. The van der Waals surface area contributed by atoms with Gasteiger partial charge in [0.2, 0.25) is 0 Å². The Balaban J connectivity index is 2.45. The summed E-state index contributed by atoms with van der Waals surface area (Å²) in [6.45, 7) is 1.75. The molecule has 0 saturated carbocycles. The fourth-order valence-corrected chi connectivity index (χ4v) is 2.35. The van der Waals surface area contributed by atoms with Crippen LogP contribution in [0.1, 0.15) is 15.4 Å². The molecule has 16 heavy (non-hydrogen) atoms. The van der Waals surface area contributed by atoms with E-state index in [1.165, 1.54) is 11.3 Å². The zero-order valence-corrected chi connectivity index (χ0v) is 9.97. The molecule has 0 fully saturated rings. The van der Waals surface area contributed by atoms with Gasteiger partial charge in [-0.25, -0.2) is 9.78 Å². The number of aryl methyl sites for hydroxylation is 1. The summed E-state index contributed by atoms with van der Waals surface area (Å²) in [6, 6.07) is 7.17. The molecule has 0 radical (unpaired) electrons. The molecular formula is C11H8ClNO2S. The lowest BCUT2D eigenvalue weighted by atomic mass is 10.2. The Morgan fingerprint density at radius 1 is 1.38 bits per heavy atom. The van der Waals surface area contributed by atoms with Gasteiger partial charge in [-0.2, -0.15) is 0 Å². The molecule has 0 amide bonds. The van der Waals surface area contributed by atoms with Crippen molar-refractivity contribution in [1.82, 2.24) is 4.98 Å². The van der Waals surface area contributed by atoms with Gasteiger partial charge in [-0.1, -0.05) is 23.7 Å². The van der Waals surface area contributed by atoms with E-state index in [9.17, 15) is 4.79 Å². The van der Waals surface area contributed by atoms with E-state index in [1.54, 1.807) is 19.1 Å². The second-order valence-corrected chi connectivity index (χ2v) is 4.88. The van der Waals surface area contributed by atoms with Crippen molar-refractivity contribution in [2.75, 3.05) is 0 Å². The monoisotopic (exact) mass is 253 g/mol. The average Bonchev–Trinajstić information content (AvgIpc) is 2.61. The topological polar surface area (TPSA) is 50.2 Å². The molecule has 0 saturated heterocycles. The van der Waals surface area contributed by atoms with Crippen LogP contribution in [-0.4, -0.2) is 16.1 Å². The molecule has 1 heterocycles. The van der Waals surface area contributed by atoms with Crippen LogP contribution in [-0.2, 0) is 0 Å². The Morgan fingerprint density at radius 3 is 2.50 bits per heavy atom. The summed E-state index contributed by atoms with van der Waals surface area (Å²) in [6.07, 6.45) is 0. The highest BCUT2D eigenvalue weighted by molar-refractivity contribution is 7.15. The maximum atomic E-state index is 10.8. The van der Waals surface area contributed by atoms with E-state index in [-0.39, 0.29) is 5.69 Å². The zero-order valence-electron chi connectivity index (χ0n) is 8.40. The van der Waals surface area contributed by atoms with E-state index in [0.29, 0.717) is 14.9 Å². The van der Waals surface area contributed by atoms with Crippen LogP contribution in [0.3, 0.4) is 0 Å². The van der Waals surface area contributed by atoms with Crippen molar-refractivity contribution < 1.29 is 9.90 Å². The third kappa shape index (κ3) is 2.08. The number of halogens is 1. The molecule has 0 aliphatic carbocycles. The molecule has 0 aliphatic heterocycles. The number of benzene rings is 1. The average molecular weight is 254 g/mol. The van der Waals surface area contributed by atoms with Crippen LogP contribution in [0.5, 0.6) is 0 Å². The van der Waals surface area contributed by atoms with Gasteiger partial charge in [0.15, 0.2) is 5.69 Å². The van der Waals surface area contributed by atoms with Gasteiger partial charge in [0.05, 0.1) is 0 Å². The fraction of sp³-hybridized carbons (Fsp3) is 0.0909. The molecule has 0 aliphatic rings. The first-order chi connectivity index (χ1) is 7.58. The summed E-state index contributed by atoms with van der Waals surface area (Å²) >= 11 is 7.14. The lowest BCUT2D eigenvalue weighted by Gasteiger charge is -1.95. The molecule has 2 rings (SSSR count). The van der Waals surface area contributed by atoms with E-state index in [0.717, 1.165) is 5.56 Å². The standard InChI is InChI=1S/C11H8ClNO2S/c1-6-9(11(14)15)13-10(16-6)7-2-4-8(12)5-3-7/h2-5H,1H3,(H,14,15). The highest BCUT2D eigenvalue weighted by atomic mass is 35.5. The molecule has 3 nitrogen and oxygen atoms in total. The van der Waals surface area contributed by atoms with Gasteiger partial charge in [0.1, 0.15) is 5.01 Å². The van der Waals surface area contributed by atoms with E-state index >= 15 is 0 Å². The number of thiazole rings is 1. The lowest BCUT2D eigenvalue weighted by Crippen LogP contribution is -1.98. The molecule has 0 unspecified atom stereocenters. The number of carbonyl (C=O) groups is 1. The number of aromatic carboxylic acids is 1. The lowest BCUT2D eigenvalue weighted by molar-refractivity contribution is 0.0690. The number of carboxylic acid groups (broad SMARTS) is 1. The van der Waals surface area contributed by atoms with E-state index in [2.05, 4.69) is 4.98 Å². The molecule has 5 heteroatoms. The van der Waals surface area contributed by atoms with Gasteiger partial charge in [-0.3, -0.25) is 0 Å². The first-order valence-electron chi connectivity index (χ1n) is 4.54. The number of rotatable bonds is 2. The maximum absolute atomic E-state index is 10.8. The Hall–Kier alpha value is -1.39. The zero-order chi connectivity index (χ0) is 11.7. The quantitative estimate of drug-likeness (QED) is 0.892. The van der Waals surface area contributed by atoms with Gasteiger partial charge in [-0.15, -0.1) is 11.3 Å². The highest BCUT2D eigenvalue weighted by Gasteiger charge is 2.14. The first-order valence-corrected chi connectivity index (χ1v) is 5.74. The Labute approximate surface area is 101 Å². The van der Waals surface area contributed by atoms with Crippen LogP contribution in [0.2, 0.25) is 5.02 Å². The predicted molar refractivity (Wildman–Crippen MR) is 64.3 cm³/mol. The summed E-state index contributed by atoms with van der Waals surface area (Å²) in [5, 5.41) is 10.2. The number of hydrogen-bond donors (Lipinski definition) is 1. The largest absolute Gasteiger partial charge is 0.476 e. The van der Waals surface area contributed by atoms with Crippen molar-refractivity contribution in [2.24, 2.45) is 0 Å². The summed E-state index contributed by atoms with van der Waals surface area (Å²) in [5.41, 5.74) is 1.000. The van der Waals surface area contributed by atoms with E-state index < -0.39 is 5.97 Å². The van der Waals surface area contributed by atoms with Crippen molar-refractivity contribution >= 4 is 28.9 Å². The number of carboxylic acids is 1. The third-order valence-electron chi connectivity index (χ3n) is 2.09. The third-order valence-corrected chi connectivity index (χ3v) is 3.36. The van der Waals surface area contributed by atoms with Gasteiger partial charge < -0.3 is 5.11 Å². The van der Waals surface area contributed by atoms with Crippen molar-refractivity contribution in [3.05, 3.63) is 39.9 Å². The second-order valence-electron chi connectivity index (χ2n) is 3.24. The van der Waals surface area contributed by atoms with Gasteiger partial charge in [0.25, 0.3) is 0 Å². The maximum Gasteiger partial charge on any atom is 0.355 e. The first kappa shape index (κ1) is 11.1. The van der Waals surface area contributed by atoms with Crippen LogP contribution in [0, 0.1) is 6.92 Å². The summed E-state index contributed by atoms with van der Waals surface area (Å²) in [4.78, 5) is 15.6. The van der Waals surface area contributed by atoms with Crippen molar-refractivity contribution in [3.63, 3.8) is 0 Å². The summed E-state index contributed by atoms with van der Waals surface area (Å²) in [7, 11) is 0. The molecule has 0 atom stereocenters. The smallest absolute Gasteiger partial charge is 0.355 e. The Bertz CT molecular complexity index is 533. The Kier molecular flexibility index (Phi) is 2.94. The second kappa shape index (κ2) is 4.23. The van der Waals surface area contributed by atoms with Crippen molar-refractivity contribution in [1.29, 1.82) is 0 Å². The van der Waals surface area contributed by atoms with Gasteiger partial charge >= 0.3 is 5.97 Å². The van der Waals surface area contributed by atoms with Gasteiger partial charge in [-0.05, 0) is 19.1 Å². The van der Waals surface area contributed by atoms with Crippen LogP contribution < -0.4 is 0 Å². The van der Waals surface area contributed by atoms with E-state index in [4.69, 9.17) is 16.7 Å². The normalized spacial score (nSPS) is 10.4. The molecule has 1 N–H and O–H groups in total. The van der Waals surface area contributed by atoms with Crippen LogP contribution in [0.25, 0.3) is 10.6 Å². The highest BCUT2D eigenvalue weighted by Crippen LogP contribution is 2.28. The predicted octanol–water partition coefficient (Wildman–Crippen LogP) is 3.47. The van der Waals surface area contributed by atoms with Crippen molar-refractivity contribution in [3.8, 4) is 10.6 Å². The fourth-order valence-electron chi connectivity index (χ4n) is 1.31. The minimum atomic E-state index is -0.992. The number of hydrogen-bond acceptors (Lipinski definition) is 3. The SMILES string of the molecule is Cc1sc(-c2ccc(Cl)cc2)nc1C(=O)O. The summed E-state index contributed by atoms with van der Waals surface area (Å²) in [5.74, 6) is -0.992. The van der Waals surface area contributed by atoms with Crippen LogP contribution >= 0.6 is 22.9 Å². The minimum Gasteiger partial charge on any atom is -0.476 e. The molecule has 2 aromatic rings.